The zero-order valence-corrected chi connectivity index (χ0v) is 13.2. The molecule has 1 aliphatic heterocycles. The van der Waals surface area contributed by atoms with Gasteiger partial charge in [-0.2, -0.15) is 0 Å². The van der Waals surface area contributed by atoms with Gasteiger partial charge in [-0.3, -0.25) is 4.90 Å². The Morgan fingerprint density at radius 3 is 2.67 bits per heavy atom. The minimum atomic E-state index is 0.409. The molecule has 21 heavy (non-hydrogen) atoms. The zero-order valence-electron chi connectivity index (χ0n) is 13.2. The third-order valence-electron chi connectivity index (χ3n) is 4.38. The van der Waals surface area contributed by atoms with Crippen LogP contribution >= 0.6 is 0 Å². The van der Waals surface area contributed by atoms with E-state index >= 15 is 0 Å². The molecule has 2 heterocycles. The molecule has 0 spiro atoms. The third-order valence-corrected chi connectivity index (χ3v) is 4.38. The molecule has 1 aromatic carbocycles. The molecular weight excluding hydrogens is 260 g/mol. The number of benzene rings is 1. The van der Waals surface area contributed by atoms with Gasteiger partial charge in [-0.1, -0.05) is 43.3 Å². The van der Waals surface area contributed by atoms with E-state index in [1.807, 2.05) is 6.92 Å². The summed E-state index contributed by atoms with van der Waals surface area (Å²) in [5.41, 5.74) is 3.87. The second-order valence-electron chi connectivity index (χ2n) is 6.39. The first-order valence-corrected chi connectivity index (χ1v) is 7.89. The first kappa shape index (κ1) is 14.3. The lowest BCUT2D eigenvalue weighted by atomic mass is 10.0. The topological polar surface area (TPSA) is 29.3 Å². The fraction of sp³-hybridized carbons (Fsp3) is 0.500. The van der Waals surface area contributed by atoms with Crippen molar-refractivity contribution in [3.05, 3.63) is 52.9 Å². The normalized spacial score (nSPS) is 19.5. The van der Waals surface area contributed by atoms with Crippen LogP contribution in [0.5, 0.6) is 0 Å². The third kappa shape index (κ3) is 3.18. The minimum Gasteiger partial charge on any atom is -0.361 e. The Morgan fingerprint density at radius 2 is 2.05 bits per heavy atom. The van der Waals surface area contributed by atoms with Crippen LogP contribution in [0, 0.1) is 6.92 Å². The van der Waals surface area contributed by atoms with Crippen molar-refractivity contribution in [3.63, 3.8) is 0 Å². The molecule has 1 atom stereocenters. The van der Waals surface area contributed by atoms with Crippen molar-refractivity contribution < 1.29 is 4.52 Å². The van der Waals surface area contributed by atoms with E-state index in [0.717, 1.165) is 24.5 Å². The summed E-state index contributed by atoms with van der Waals surface area (Å²) in [5.74, 6) is 1.50. The molecule has 0 bridgehead atoms. The van der Waals surface area contributed by atoms with Crippen LogP contribution in [-0.2, 0) is 6.54 Å². The average molecular weight is 284 g/mol. The van der Waals surface area contributed by atoms with Crippen LogP contribution in [0.1, 0.15) is 61.2 Å². The number of nitrogens with zero attached hydrogens (tertiary/aromatic N) is 2. The summed E-state index contributed by atoms with van der Waals surface area (Å²) in [6.45, 7) is 8.56. The van der Waals surface area contributed by atoms with Gasteiger partial charge in [-0.15, -0.1) is 0 Å². The molecule has 112 valence electrons. The van der Waals surface area contributed by atoms with Gasteiger partial charge in [0.15, 0.2) is 0 Å². The molecule has 1 fully saturated rings. The van der Waals surface area contributed by atoms with E-state index in [2.05, 4.69) is 54.2 Å². The van der Waals surface area contributed by atoms with Crippen LogP contribution in [0.2, 0.25) is 0 Å². The summed E-state index contributed by atoms with van der Waals surface area (Å²) in [6, 6.07) is 11.5. The highest BCUT2D eigenvalue weighted by molar-refractivity contribution is 5.25. The lowest BCUT2D eigenvalue weighted by molar-refractivity contribution is 0.236. The number of likely N-dealkylation sites (tertiary alicyclic amines) is 1. The summed E-state index contributed by atoms with van der Waals surface area (Å²) in [4.78, 5) is 2.52. The van der Waals surface area contributed by atoms with E-state index in [1.54, 1.807) is 0 Å². The molecule has 3 heteroatoms. The fourth-order valence-corrected chi connectivity index (χ4v) is 3.14. The maximum Gasteiger partial charge on any atom is 0.133 e. The summed E-state index contributed by atoms with van der Waals surface area (Å²) >= 11 is 0. The van der Waals surface area contributed by atoms with Crippen molar-refractivity contribution in [2.75, 3.05) is 6.54 Å². The highest BCUT2D eigenvalue weighted by Gasteiger charge is 2.28. The lowest BCUT2D eigenvalue weighted by Gasteiger charge is -2.22. The van der Waals surface area contributed by atoms with Crippen LogP contribution in [0.4, 0.5) is 0 Å². The second kappa shape index (κ2) is 6.02. The molecule has 3 nitrogen and oxygen atoms in total. The smallest absolute Gasteiger partial charge is 0.133 e. The number of aryl methyl sites for hydroxylation is 1. The van der Waals surface area contributed by atoms with Gasteiger partial charge in [0.2, 0.25) is 0 Å². The maximum atomic E-state index is 5.24. The first-order chi connectivity index (χ1) is 10.1. The highest BCUT2D eigenvalue weighted by atomic mass is 16.5. The molecule has 3 rings (SSSR count). The predicted molar refractivity (Wildman–Crippen MR) is 84.2 cm³/mol. The minimum absolute atomic E-state index is 0.409. The Morgan fingerprint density at radius 1 is 1.29 bits per heavy atom. The van der Waals surface area contributed by atoms with Crippen molar-refractivity contribution >= 4 is 0 Å². The second-order valence-corrected chi connectivity index (χ2v) is 6.39. The van der Waals surface area contributed by atoms with E-state index in [9.17, 15) is 0 Å². The largest absolute Gasteiger partial charge is 0.361 e. The molecule has 1 aromatic heterocycles. The quantitative estimate of drug-likeness (QED) is 0.831. The van der Waals surface area contributed by atoms with E-state index in [1.165, 1.54) is 24.0 Å². The van der Waals surface area contributed by atoms with Gasteiger partial charge < -0.3 is 4.52 Å². The van der Waals surface area contributed by atoms with Gasteiger partial charge in [-0.05, 0) is 43.4 Å². The van der Waals surface area contributed by atoms with Gasteiger partial charge in [0.1, 0.15) is 11.5 Å². The summed E-state index contributed by atoms with van der Waals surface area (Å²) in [6.07, 6.45) is 2.41. The molecule has 0 radical (unpaired) electrons. The SMILES string of the molecule is Cc1cc([C@H]2CCCN2Cc2ccc(C(C)C)cc2)no1. The fourth-order valence-electron chi connectivity index (χ4n) is 3.14. The van der Waals surface area contributed by atoms with Crippen LogP contribution < -0.4 is 0 Å². The van der Waals surface area contributed by atoms with E-state index in [4.69, 9.17) is 4.52 Å². The lowest BCUT2D eigenvalue weighted by Crippen LogP contribution is -2.23. The van der Waals surface area contributed by atoms with Gasteiger partial charge in [0, 0.05) is 12.6 Å². The standard InChI is InChI=1S/C18H24N2O/c1-13(2)16-8-6-15(7-9-16)12-20-10-4-5-18(20)17-11-14(3)21-19-17/h6-9,11,13,18H,4-5,10,12H2,1-3H3/t18-/m1/s1. The van der Waals surface area contributed by atoms with Gasteiger partial charge in [-0.25, -0.2) is 0 Å². The summed E-state index contributed by atoms with van der Waals surface area (Å²) < 4.78 is 5.24. The van der Waals surface area contributed by atoms with Crippen molar-refractivity contribution in [1.29, 1.82) is 0 Å². The van der Waals surface area contributed by atoms with Gasteiger partial charge in [0.05, 0.1) is 6.04 Å². The van der Waals surface area contributed by atoms with E-state index in [-0.39, 0.29) is 0 Å². The number of rotatable bonds is 4. The predicted octanol–water partition coefficient (Wildman–Crippen LogP) is 4.44. The van der Waals surface area contributed by atoms with Crippen LogP contribution in [0.3, 0.4) is 0 Å². The number of aromatic nitrogens is 1. The monoisotopic (exact) mass is 284 g/mol. The van der Waals surface area contributed by atoms with E-state index < -0.39 is 0 Å². The zero-order chi connectivity index (χ0) is 14.8. The van der Waals surface area contributed by atoms with Crippen LogP contribution in [0.25, 0.3) is 0 Å². The molecule has 0 saturated carbocycles. The van der Waals surface area contributed by atoms with Crippen molar-refractivity contribution in [3.8, 4) is 0 Å². The van der Waals surface area contributed by atoms with Crippen molar-refractivity contribution in [2.45, 2.75) is 52.1 Å². The molecule has 1 saturated heterocycles. The first-order valence-electron chi connectivity index (χ1n) is 7.89. The Bertz CT molecular complexity index is 586. The number of hydrogen-bond donors (Lipinski definition) is 0. The summed E-state index contributed by atoms with van der Waals surface area (Å²) in [7, 11) is 0. The molecule has 0 N–H and O–H groups in total. The van der Waals surface area contributed by atoms with Crippen molar-refractivity contribution in [1.82, 2.24) is 10.1 Å². The van der Waals surface area contributed by atoms with Gasteiger partial charge in [0.25, 0.3) is 0 Å². The maximum absolute atomic E-state index is 5.24. The van der Waals surface area contributed by atoms with Crippen LogP contribution in [-0.4, -0.2) is 16.6 Å². The molecule has 0 aliphatic carbocycles. The number of hydrogen-bond acceptors (Lipinski definition) is 3. The molecule has 1 aliphatic rings. The van der Waals surface area contributed by atoms with Gasteiger partial charge >= 0.3 is 0 Å². The average Bonchev–Trinajstić information content (AvgIpc) is 3.08. The van der Waals surface area contributed by atoms with E-state index in [0.29, 0.717) is 12.0 Å². The Labute approximate surface area is 126 Å². The molecular formula is C18H24N2O. The molecule has 0 unspecified atom stereocenters. The molecule has 2 aromatic rings. The Kier molecular flexibility index (Phi) is 4.11. The molecule has 0 amide bonds. The Balaban J connectivity index is 1.71. The Hall–Kier alpha value is -1.61. The van der Waals surface area contributed by atoms with Crippen LogP contribution in [0.15, 0.2) is 34.9 Å². The highest BCUT2D eigenvalue weighted by Crippen LogP contribution is 2.32. The van der Waals surface area contributed by atoms with Crippen molar-refractivity contribution in [2.24, 2.45) is 0 Å². The summed E-state index contributed by atoms with van der Waals surface area (Å²) in [5, 5.41) is 4.21.